The van der Waals surface area contributed by atoms with Crippen molar-refractivity contribution in [2.24, 2.45) is 0 Å². The van der Waals surface area contributed by atoms with Gasteiger partial charge in [0.15, 0.2) is 0 Å². The summed E-state index contributed by atoms with van der Waals surface area (Å²) >= 11 is 0. The van der Waals surface area contributed by atoms with Gasteiger partial charge in [-0.1, -0.05) is 0 Å². The van der Waals surface area contributed by atoms with Crippen LogP contribution in [0.15, 0.2) is 0 Å². The fraction of sp³-hybridized carbons (Fsp3) is 0.889. The molecule has 0 bridgehead atoms. The summed E-state index contributed by atoms with van der Waals surface area (Å²) in [4.78, 5) is 11.7. The summed E-state index contributed by atoms with van der Waals surface area (Å²) in [6, 6.07) is 0. The monoisotopic (exact) mass is 234 g/mol. The predicted molar refractivity (Wildman–Crippen MR) is 48.4 cm³/mol. The fourth-order valence-corrected chi connectivity index (χ4v) is 1.50. The maximum Gasteiger partial charge on any atom is 0.244 e. The third-order valence-electron chi connectivity index (χ3n) is 2.37. The SMILES string of the molecule is O=C(C1OCC(CO)O1)C1OCC(CO)O1. The van der Waals surface area contributed by atoms with Gasteiger partial charge >= 0.3 is 0 Å². The van der Waals surface area contributed by atoms with Crippen LogP contribution in [0.25, 0.3) is 0 Å². The zero-order valence-electron chi connectivity index (χ0n) is 8.57. The van der Waals surface area contributed by atoms with Gasteiger partial charge in [-0.25, -0.2) is 0 Å². The summed E-state index contributed by atoms with van der Waals surface area (Å²) in [6.07, 6.45) is -3.08. The molecule has 2 rings (SSSR count). The smallest absolute Gasteiger partial charge is 0.244 e. The minimum atomic E-state index is -1.06. The first-order valence-electron chi connectivity index (χ1n) is 5.04. The van der Waals surface area contributed by atoms with Crippen LogP contribution in [-0.4, -0.2) is 67.2 Å². The number of Topliss-reactive ketones (excluding diaryl/α,β-unsaturated/α-hetero) is 1. The molecule has 0 saturated carbocycles. The topological polar surface area (TPSA) is 94.5 Å². The molecule has 4 unspecified atom stereocenters. The van der Waals surface area contributed by atoms with E-state index >= 15 is 0 Å². The number of rotatable bonds is 4. The van der Waals surface area contributed by atoms with Gasteiger partial charge in [0.05, 0.1) is 26.4 Å². The van der Waals surface area contributed by atoms with E-state index in [4.69, 9.17) is 29.2 Å². The summed E-state index contributed by atoms with van der Waals surface area (Å²) in [7, 11) is 0. The third-order valence-corrected chi connectivity index (χ3v) is 2.37. The summed E-state index contributed by atoms with van der Waals surface area (Å²) in [5, 5.41) is 17.6. The van der Waals surface area contributed by atoms with E-state index in [0.29, 0.717) is 0 Å². The van der Waals surface area contributed by atoms with Crippen molar-refractivity contribution in [2.75, 3.05) is 26.4 Å². The number of hydrogen-bond acceptors (Lipinski definition) is 7. The average molecular weight is 234 g/mol. The van der Waals surface area contributed by atoms with Crippen molar-refractivity contribution in [3.8, 4) is 0 Å². The molecule has 0 aliphatic carbocycles. The Labute approximate surface area is 91.9 Å². The first-order valence-corrected chi connectivity index (χ1v) is 5.04. The van der Waals surface area contributed by atoms with E-state index < -0.39 is 30.6 Å². The van der Waals surface area contributed by atoms with Crippen molar-refractivity contribution in [3.63, 3.8) is 0 Å². The molecule has 92 valence electrons. The molecule has 0 aromatic carbocycles. The van der Waals surface area contributed by atoms with Gasteiger partial charge in [-0.3, -0.25) is 4.79 Å². The Morgan fingerprint density at radius 2 is 1.44 bits per heavy atom. The largest absolute Gasteiger partial charge is 0.394 e. The van der Waals surface area contributed by atoms with Crippen molar-refractivity contribution in [2.45, 2.75) is 24.8 Å². The summed E-state index contributed by atoms with van der Waals surface area (Å²) < 4.78 is 20.3. The fourth-order valence-electron chi connectivity index (χ4n) is 1.50. The van der Waals surface area contributed by atoms with E-state index in [9.17, 15) is 4.79 Å². The molecule has 0 aromatic heterocycles. The number of hydrogen-bond donors (Lipinski definition) is 2. The van der Waals surface area contributed by atoms with Gasteiger partial charge in [-0.05, 0) is 0 Å². The number of carbonyl (C=O) groups excluding carboxylic acids is 1. The van der Waals surface area contributed by atoms with Gasteiger partial charge in [-0.15, -0.1) is 0 Å². The Balaban J connectivity index is 1.84. The minimum Gasteiger partial charge on any atom is -0.394 e. The maximum atomic E-state index is 11.7. The molecule has 4 atom stereocenters. The lowest BCUT2D eigenvalue weighted by Crippen LogP contribution is -2.35. The van der Waals surface area contributed by atoms with Gasteiger partial charge in [-0.2, -0.15) is 0 Å². The molecule has 7 heteroatoms. The summed E-state index contributed by atoms with van der Waals surface area (Å²) in [5.41, 5.74) is 0. The van der Waals surface area contributed by atoms with Crippen LogP contribution in [0.1, 0.15) is 0 Å². The second-order valence-corrected chi connectivity index (χ2v) is 3.61. The Kier molecular flexibility index (Phi) is 3.85. The molecule has 2 fully saturated rings. The van der Waals surface area contributed by atoms with E-state index in [2.05, 4.69) is 0 Å². The number of ketones is 1. The van der Waals surface area contributed by atoms with Crippen LogP contribution in [0.2, 0.25) is 0 Å². The van der Waals surface area contributed by atoms with Gasteiger partial charge in [0, 0.05) is 0 Å². The lowest BCUT2D eigenvalue weighted by atomic mass is 10.3. The zero-order valence-corrected chi connectivity index (χ0v) is 8.57. The lowest BCUT2D eigenvalue weighted by Gasteiger charge is -2.13. The lowest BCUT2D eigenvalue weighted by molar-refractivity contribution is -0.174. The van der Waals surface area contributed by atoms with E-state index in [1.54, 1.807) is 0 Å². The van der Waals surface area contributed by atoms with Crippen LogP contribution in [0, 0.1) is 0 Å². The Morgan fingerprint density at radius 1 is 1.00 bits per heavy atom. The molecule has 2 aliphatic heterocycles. The number of carbonyl (C=O) groups is 1. The molecule has 7 nitrogen and oxygen atoms in total. The highest BCUT2D eigenvalue weighted by atomic mass is 16.8. The van der Waals surface area contributed by atoms with Gasteiger partial charge in [0.25, 0.3) is 0 Å². The Morgan fingerprint density at radius 3 is 1.75 bits per heavy atom. The summed E-state index contributed by atoms with van der Waals surface area (Å²) in [5.74, 6) is -0.480. The third kappa shape index (κ3) is 2.40. The van der Waals surface area contributed by atoms with E-state index in [-0.39, 0.29) is 26.4 Å². The van der Waals surface area contributed by atoms with Gasteiger partial charge in [0.2, 0.25) is 18.4 Å². The minimum absolute atomic E-state index is 0.170. The zero-order chi connectivity index (χ0) is 11.5. The van der Waals surface area contributed by atoms with E-state index in [0.717, 1.165) is 0 Å². The number of ether oxygens (including phenoxy) is 4. The van der Waals surface area contributed by atoms with Crippen LogP contribution >= 0.6 is 0 Å². The molecule has 16 heavy (non-hydrogen) atoms. The molecular formula is C9H14O7. The molecule has 2 saturated heterocycles. The number of aliphatic hydroxyl groups excluding tert-OH is 2. The number of aliphatic hydroxyl groups is 2. The Bertz CT molecular complexity index is 232. The molecule has 0 spiro atoms. The van der Waals surface area contributed by atoms with Crippen molar-refractivity contribution in [3.05, 3.63) is 0 Å². The second kappa shape index (κ2) is 5.17. The van der Waals surface area contributed by atoms with Crippen LogP contribution < -0.4 is 0 Å². The average Bonchev–Trinajstić information content (AvgIpc) is 2.97. The van der Waals surface area contributed by atoms with E-state index in [1.165, 1.54) is 0 Å². The first-order chi connectivity index (χ1) is 7.74. The van der Waals surface area contributed by atoms with Crippen LogP contribution in [-0.2, 0) is 23.7 Å². The second-order valence-electron chi connectivity index (χ2n) is 3.61. The van der Waals surface area contributed by atoms with Crippen LogP contribution in [0.5, 0.6) is 0 Å². The first kappa shape index (κ1) is 11.9. The molecule has 0 radical (unpaired) electrons. The van der Waals surface area contributed by atoms with Crippen molar-refractivity contribution >= 4 is 5.78 Å². The van der Waals surface area contributed by atoms with Crippen molar-refractivity contribution < 1.29 is 34.0 Å². The molecule has 2 heterocycles. The standard InChI is InChI=1S/C9H14O7/c10-1-5-3-13-8(15-5)7(12)9-14-4-6(2-11)16-9/h5-6,8-11H,1-4H2. The van der Waals surface area contributed by atoms with Crippen molar-refractivity contribution in [1.29, 1.82) is 0 Å². The van der Waals surface area contributed by atoms with Crippen LogP contribution in [0.3, 0.4) is 0 Å². The van der Waals surface area contributed by atoms with Crippen LogP contribution in [0.4, 0.5) is 0 Å². The highest BCUT2D eigenvalue weighted by molar-refractivity contribution is 5.85. The molecule has 2 N–H and O–H groups in total. The molecule has 0 aromatic rings. The molecule has 0 amide bonds. The molecular weight excluding hydrogens is 220 g/mol. The van der Waals surface area contributed by atoms with Gasteiger partial charge in [0.1, 0.15) is 12.2 Å². The molecule has 2 aliphatic rings. The summed E-state index contributed by atoms with van der Waals surface area (Å²) in [6.45, 7) is -0.0586. The van der Waals surface area contributed by atoms with Crippen molar-refractivity contribution in [1.82, 2.24) is 0 Å². The highest BCUT2D eigenvalue weighted by Crippen LogP contribution is 2.19. The quantitative estimate of drug-likeness (QED) is 0.582. The Hall–Kier alpha value is -0.570. The highest BCUT2D eigenvalue weighted by Gasteiger charge is 2.40. The van der Waals surface area contributed by atoms with Gasteiger partial charge < -0.3 is 29.2 Å². The maximum absolute atomic E-state index is 11.7. The normalized spacial score (nSPS) is 39.1. The van der Waals surface area contributed by atoms with E-state index in [1.807, 2.05) is 0 Å². The predicted octanol–water partition coefficient (Wildman–Crippen LogP) is -1.98.